The molecule has 1 saturated heterocycles. The van der Waals surface area contributed by atoms with E-state index in [0.29, 0.717) is 18.9 Å². The number of likely N-dealkylation sites (tertiary alicyclic amines) is 1. The number of nitrogens with one attached hydrogen (secondary N) is 1. The fraction of sp³-hybridized carbons (Fsp3) is 0.381. The minimum atomic E-state index is -0.449. The maximum atomic E-state index is 10.5. The SMILES string of the molecule is OC(CCOc1cccc2[nH]ccc12)N1CCC(c2cccnc2)CC1. The maximum absolute atomic E-state index is 10.5. The average molecular weight is 351 g/mol. The summed E-state index contributed by atoms with van der Waals surface area (Å²) in [5.41, 5.74) is 2.38. The Hall–Kier alpha value is -2.37. The van der Waals surface area contributed by atoms with E-state index in [4.69, 9.17) is 4.74 Å². The molecule has 3 heterocycles. The summed E-state index contributed by atoms with van der Waals surface area (Å²) in [6, 6.07) is 12.2. The van der Waals surface area contributed by atoms with Crippen molar-refractivity contribution in [3.05, 3.63) is 60.6 Å². The van der Waals surface area contributed by atoms with Gasteiger partial charge in [0.15, 0.2) is 0 Å². The number of nitrogens with zero attached hydrogens (tertiary/aromatic N) is 2. The Morgan fingerprint density at radius 3 is 2.88 bits per heavy atom. The van der Waals surface area contributed by atoms with Crippen molar-refractivity contribution in [3.63, 3.8) is 0 Å². The molecule has 2 N–H and O–H groups in total. The van der Waals surface area contributed by atoms with Crippen LogP contribution in [0.1, 0.15) is 30.7 Å². The van der Waals surface area contributed by atoms with Gasteiger partial charge in [-0.25, -0.2) is 0 Å². The number of hydrogen-bond donors (Lipinski definition) is 2. The summed E-state index contributed by atoms with van der Waals surface area (Å²) in [7, 11) is 0. The first-order chi connectivity index (χ1) is 12.8. The molecule has 0 aliphatic carbocycles. The van der Waals surface area contributed by atoms with Crippen molar-refractivity contribution in [3.8, 4) is 5.75 Å². The quantitative estimate of drug-likeness (QED) is 0.713. The van der Waals surface area contributed by atoms with Gasteiger partial charge in [-0.3, -0.25) is 9.88 Å². The van der Waals surface area contributed by atoms with Crippen LogP contribution in [0.15, 0.2) is 55.0 Å². The molecule has 3 aromatic rings. The Morgan fingerprint density at radius 2 is 2.08 bits per heavy atom. The van der Waals surface area contributed by atoms with Gasteiger partial charge in [0, 0.05) is 49.0 Å². The summed E-state index contributed by atoms with van der Waals surface area (Å²) >= 11 is 0. The zero-order valence-electron chi connectivity index (χ0n) is 14.8. The number of hydrogen-bond acceptors (Lipinski definition) is 4. The molecule has 1 unspecified atom stereocenters. The van der Waals surface area contributed by atoms with E-state index in [2.05, 4.69) is 20.9 Å². The number of H-pyrrole nitrogens is 1. The zero-order chi connectivity index (χ0) is 17.8. The van der Waals surface area contributed by atoms with Gasteiger partial charge in [-0.1, -0.05) is 12.1 Å². The van der Waals surface area contributed by atoms with Gasteiger partial charge in [-0.15, -0.1) is 0 Å². The van der Waals surface area contributed by atoms with Gasteiger partial charge in [-0.2, -0.15) is 0 Å². The fourth-order valence-electron chi connectivity index (χ4n) is 3.79. The number of piperidine rings is 1. The lowest BCUT2D eigenvalue weighted by molar-refractivity contribution is -0.0234. The molecule has 4 rings (SSSR count). The van der Waals surface area contributed by atoms with Crippen LogP contribution >= 0.6 is 0 Å². The zero-order valence-corrected chi connectivity index (χ0v) is 14.8. The molecule has 5 heteroatoms. The molecule has 0 spiro atoms. The highest BCUT2D eigenvalue weighted by Gasteiger charge is 2.24. The van der Waals surface area contributed by atoms with E-state index in [9.17, 15) is 5.11 Å². The Labute approximate surface area is 153 Å². The van der Waals surface area contributed by atoms with Gasteiger partial charge in [0.25, 0.3) is 0 Å². The predicted octanol–water partition coefficient (Wildman–Crippen LogP) is 3.53. The van der Waals surface area contributed by atoms with Gasteiger partial charge in [0.2, 0.25) is 0 Å². The number of fused-ring (bicyclic) bond motifs is 1. The van der Waals surface area contributed by atoms with Crippen LogP contribution in [0.4, 0.5) is 0 Å². The highest BCUT2D eigenvalue weighted by Crippen LogP contribution is 2.28. The predicted molar refractivity (Wildman–Crippen MR) is 102 cm³/mol. The number of aromatic nitrogens is 2. The lowest BCUT2D eigenvalue weighted by atomic mass is 9.90. The van der Waals surface area contributed by atoms with Gasteiger partial charge in [-0.05, 0) is 48.6 Å². The monoisotopic (exact) mass is 351 g/mol. The Morgan fingerprint density at radius 1 is 1.19 bits per heavy atom. The highest BCUT2D eigenvalue weighted by molar-refractivity contribution is 5.85. The second-order valence-corrected chi connectivity index (χ2v) is 6.91. The van der Waals surface area contributed by atoms with E-state index in [1.807, 2.05) is 48.9 Å². The van der Waals surface area contributed by atoms with Crippen molar-refractivity contribution in [2.24, 2.45) is 0 Å². The molecule has 5 nitrogen and oxygen atoms in total. The van der Waals surface area contributed by atoms with Crippen LogP contribution < -0.4 is 4.74 Å². The topological polar surface area (TPSA) is 61.4 Å². The van der Waals surface area contributed by atoms with Crippen LogP contribution in [0.5, 0.6) is 5.75 Å². The van der Waals surface area contributed by atoms with Gasteiger partial charge in [0.1, 0.15) is 12.0 Å². The standard InChI is InChI=1S/C21H25N3O2/c25-21(9-14-26-20-5-1-4-19-18(20)6-11-23-19)24-12-7-16(8-13-24)17-3-2-10-22-15-17/h1-6,10-11,15-16,21,23,25H,7-9,12-14H2. The Bertz CT molecular complexity index is 825. The first kappa shape index (κ1) is 17.1. The molecule has 0 bridgehead atoms. The summed E-state index contributed by atoms with van der Waals surface area (Å²) in [6.45, 7) is 2.33. The van der Waals surface area contributed by atoms with Gasteiger partial charge < -0.3 is 14.8 Å². The minimum Gasteiger partial charge on any atom is -0.493 e. The second-order valence-electron chi connectivity index (χ2n) is 6.91. The molecular weight excluding hydrogens is 326 g/mol. The molecule has 0 amide bonds. The largest absolute Gasteiger partial charge is 0.493 e. The third kappa shape index (κ3) is 3.74. The maximum Gasteiger partial charge on any atom is 0.128 e. The molecule has 0 radical (unpaired) electrons. The number of ether oxygens (including phenoxy) is 1. The molecule has 2 aromatic heterocycles. The summed E-state index contributed by atoms with van der Waals surface area (Å²) in [6.07, 6.45) is 7.98. The molecule has 1 atom stereocenters. The van der Waals surface area contributed by atoms with Crippen LogP contribution in [0.2, 0.25) is 0 Å². The molecule has 1 aliphatic heterocycles. The minimum absolute atomic E-state index is 0.449. The summed E-state index contributed by atoms with van der Waals surface area (Å²) in [4.78, 5) is 9.57. The van der Waals surface area contributed by atoms with Crippen molar-refractivity contribution in [1.82, 2.24) is 14.9 Å². The van der Waals surface area contributed by atoms with Crippen LogP contribution in [-0.4, -0.2) is 45.9 Å². The molecule has 26 heavy (non-hydrogen) atoms. The molecule has 1 aromatic carbocycles. The number of rotatable bonds is 6. The molecule has 1 aliphatic rings. The molecule has 136 valence electrons. The second kappa shape index (κ2) is 7.89. The number of aliphatic hydroxyl groups is 1. The van der Waals surface area contributed by atoms with E-state index < -0.39 is 6.23 Å². The summed E-state index contributed by atoms with van der Waals surface area (Å²) in [5, 5.41) is 11.6. The van der Waals surface area contributed by atoms with Crippen LogP contribution in [-0.2, 0) is 0 Å². The Balaban J connectivity index is 1.25. The number of aliphatic hydroxyl groups excluding tert-OH is 1. The van der Waals surface area contributed by atoms with E-state index in [0.717, 1.165) is 42.6 Å². The van der Waals surface area contributed by atoms with Crippen LogP contribution in [0.3, 0.4) is 0 Å². The Kier molecular flexibility index (Phi) is 5.18. The van der Waals surface area contributed by atoms with E-state index in [1.54, 1.807) is 0 Å². The number of pyridine rings is 1. The molecule has 1 fully saturated rings. The van der Waals surface area contributed by atoms with Crippen LogP contribution in [0.25, 0.3) is 10.9 Å². The van der Waals surface area contributed by atoms with Crippen molar-refractivity contribution in [2.75, 3.05) is 19.7 Å². The lowest BCUT2D eigenvalue weighted by Gasteiger charge is -2.35. The number of benzene rings is 1. The fourth-order valence-corrected chi connectivity index (χ4v) is 3.79. The third-order valence-corrected chi connectivity index (χ3v) is 5.30. The van der Waals surface area contributed by atoms with E-state index in [-0.39, 0.29) is 0 Å². The number of aromatic amines is 1. The van der Waals surface area contributed by atoms with Crippen molar-refractivity contribution in [2.45, 2.75) is 31.4 Å². The van der Waals surface area contributed by atoms with E-state index >= 15 is 0 Å². The lowest BCUT2D eigenvalue weighted by Crippen LogP contribution is -2.41. The summed E-state index contributed by atoms with van der Waals surface area (Å²) < 4.78 is 5.91. The van der Waals surface area contributed by atoms with Crippen molar-refractivity contribution >= 4 is 10.9 Å². The van der Waals surface area contributed by atoms with E-state index in [1.165, 1.54) is 5.56 Å². The first-order valence-electron chi connectivity index (χ1n) is 9.32. The van der Waals surface area contributed by atoms with Crippen LogP contribution in [0, 0.1) is 0 Å². The molecule has 0 saturated carbocycles. The van der Waals surface area contributed by atoms with Gasteiger partial charge >= 0.3 is 0 Å². The normalized spacial score (nSPS) is 17.4. The first-order valence-corrected chi connectivity index (χ1v) is 9.32. The average Bonchev–Trinajstić information content (AvgIpc) is 3.18. The van der Waals surface area contributed by atoms with Crippen molar-refractivity contribution < 1.29 is 9.84 Å². The highest BCUT2D eigenvalue weighted by atomic mass is 16.5. The molecular formula is C21H25N3O2. The summed E-state index contributed by atoms with van der Waals surface area (Å²) in [5.74, 6) is 1.42. The smallest absolute Gasteiger partial charge is 0.128 e. The third-order valence-electron chi connectivity index (χ3n) is 5.30. The van der Waals surface area contributed by atoms with Gasteiger partial charge in [0.05, 0.1) is 6.61 Å². The van der Waals surface area contributed by atoms with Crippen molar-refractivity contribution in [1.29, 1.82) is 0 Å².